The van der Waals surface area contributed by atoms with Gasteiger partial charge in [0.1, 0.15) is 12.6 Å². The molecule has 0 fully saturated rings. The van der Waals surface area contributed by atoms with Gasteiger partial charge in [-0.25, -0.2) is 8.42 Å². The Morgan fingerprint density at radius 2 is 1.56 bits per heavy atom. The molecule has 1 N–H and O–H groups in total. The number of hydrogen-bond donors (Lipinski definition) is 1. The lowest BCUT2D eigenvalue weighted by molar-refractivity contribution is -0.139. The first-order valence-electron chi connectivity index (χ1n) is 11.3. The van der Waals surface area contributed by atoms with Gasteiger partial charge >= 0.3 is 0 Å². The summed E-state index contributed by atoms with van der Waals surface area (Å²) in [4.78, 5) is 27.8. The fourth-order valence-electron chi connectivity index (χ4n) is 3.62. The molecule has 0 radical (unpaired) electrons. The third kappa shape index (κ3) is 6.78. The lowest BCUT2D eigenvalue weighted by Gasteiger charge is -2.32. The quantitative estimate of drug-likeness (QED) is 0.397. The molecule has 0 saturated heterocycles. The third-order valence-electron chi connectivity index (χ3n) is 5.47. The predicted molar refractivity (Wildman–Crippen MR) is 143 cm³/mol. The average Bonchev–Trinajstić information content (AvgIpc) is 2.86. The molecule has 0 aromatic heterocycles. The zero-order chi connectivity index (χ0) is 26.3. The van der Waals surface area contributed by atoms with Gasteiger partial charge in [-0.3, -0.25) is 13.9 Å². The van der Waals surface area contributed by atoms with E-state index >= 15 is 0 Å². The summed E-state index contributed by atoms with van der Waals surface area (Å²) in [7, 11) is -4.13. The first kappa shape index (κ1) is 27.5. The van der Waals surface area contributed by atoms with Gasteiger partial charge in [0.05, 0.1) is 10.6 Å². The summed E-state index contributed by atoms with van der Waals surface area (Å²) in [6, 6.07) is 20.2. The van der Waals surface area contributed by atoms with Gasteiger partial charge in [0.15, 0.2) is 0 Å². The van der Waals surface area contributed by atoms with E-state index in [-0.39, 0.29) is 23.0 Å². The fraction of sp³-hybridized carbons (Fsp3) is 0.231. The van der Waals surface area contributed by atoms with Gasteiger partial charge in [0, 0.05) is 23.1 Å². The van der Waals surface area contributed by atoms with E-state index < -0.39 is 28.5 Å². The van der Waals surface area contributed by atoms with Gasteiger partial charge < -0.3 is 10.2 Å². The Morgan fingerprint density at radius 1 is 0.917 bits per heavy atom. The maximum atomic E-state index is 13.7. The number of carbonyl (C=O) groups excluding carboxylic acids is 2. The Morgan fingerprint density at radius 3 is 2.17 bits per heavy atom. The maximum absolute atomic E-state index is 13.7. The molecular formula is C26H27Cl2N3O4S. The van der Waals surface area contributed by atoms with Crippen LogP contribution in [0.5, 0.6) is 0 Å². The highest BCUT2D eigenvalue weighted by Crippen LogP contribution is 2.27. The van der Waals surface area contributed by atoms with Crippen molar-refractivity contribution in [3.05, 3.63) is 94.5 Å². The number of nitrogens with zero attached hydrogens (tertiary/aromatic N) is 2. The lowest BCUT2D eigenvalue weighted by Crippen LogP contribution is -2.51. The van der Waals surface area contributed by atoms with E-state index in [4.69, 9.17) is 23.2 Å². The monoisotopic (exact) mass is 547 g/mol. The number of rotatable bonds is 10. The van der Waals surface area contributed by atoms with Gasteiger partial charge in [-0.2, -0.15) is 0 Å². The first-order chi connectivity index (χ1) is 17.1. The normalized spacial score (nSPS) is 12.0. The van der Waals surface area contributed by atoms with E-state index in [9.17, 15) is 18.0 Å². The molecule has 0 spiro atoms. The molecule has 0 heterocycles. The number of nitrogens with one attached hydrogen (secondary N) is 1. The first-order valence-corrected chi connectivity index (χ1v) is 13.5. The van der Waals surface area contributed by atoms with Gasteiger partial charge in [-0.15, -0.1) is 0 Å². The molecule has 10 heteroatoms. The summed E-state index contributed by atoms with van der Waals surface area (Å²) >= 11 is 12.3. The van der Waals surface area contributed by atoms with E-state index in [1.165, 1.54) is 23.1 Å². The van der Waals surface area contributed by atoms with Gasteiger partial charge in [0.25, 0.3) is 10.0 Å². The zero-order valence-electron chi connectivity index (χ0n) is 19.9. The largest absolute Gasteiger partial charge is 0.355 e. The molecule has 0 aliphatic carbocycles. The van der Waals surface area contributed by atoms with Crippen LogP contribution in [0.3, 0.4) is 0 Å². The van der Waals surface area contributed by atoms with Crippen molar-refractivity contribution < 1.29 is 18.0 Å². The van der Waals surface area contributed by atoms with Gasteiger partial charge in [0.2, 0.25) is 11.8 Å². The molecule has 1 atom stereocenters. The van der Waals surface area contributed by atoms with E-state index in [0.29, 0.717) is 22.2 Å². The predicted octanol–water partition coefficient (Wildman–Crippen LogP) is 4.74. The van der Waals surface area contributed by atoms with Crippen LogP contribution in [0.4, 0.5) is 5.69 Å². The molecule has 0 bridgehead atoms. The molecule has 3 aromatic rings. The fourth-order valence-corrected chi connectivity index (χ4v) is 5.44. The number of halogens is 2. The average molecular weight is 548 g/mol. The van der Waals surface area contributed by atoms with Crippen molar-refractivity contribution in [3.63, 3.8) is 0 Å². The highest BCUT2D eigenvalue weighted by atomic mass is 35.5. The highest BCUT2D eigenvalue weighted by Gasteiger charge is 2.32. The smallest absolute Gasteiger partial charge is 0.264 e. The van der Waals surface area contributed by atoms with Crippen molar-refractivity contribution in [2.45, 2.75) is 31.3 Å². The maximum Gasteiger partial charge on any atom is 0.264 e. The summed E-state index contributed by atoms with van der Waals surface area (Å²) in [5, 5.41) is 3.52. The number of hydrogen-bond acceptors (Lipinski definition) is 4. The summed E-state index contributed by atoms with van der Waals surface area (Å²) in [6.07, 6.45) is 0. The molecule has 3 rings (SSSR count). The number of benzene rings is 3. The van der Waals surface area contributed by atoms with Gasteiger partial charge in [-0.1, -0.05) is 59.6 Å². The van der Waals surface area contributed by atoms with E-state index in [2.05, 4.69) is 5.32 Å². The topological polar surface area (TPSA) is 86.8 Å². The minimum absolute atomic E-state index is 0.0240. The Hall–Kier alpha value is -3.07. The van der Waals surface area contributed by atoms with E-state index in [1.54, 1.807) is 74.5 Å². The van der Waals surface area contributed by atoms with Crippen molar-refractivity contribution in [2.24, 2.45) is 0 Å². The van der Waals surface area contributed by atoms with Crippen molar-refractivity contribution in [1.29, 1.82) is 0 Å². The van der Waals surface area contributed by atoms with Crippen LogP contribution in [0, 0.1) is 0 Å². The SMILES string of the molecule is CCNC(=O)C(C)N(Cc1cccc(Cl)c1)C(=O)CN(c1cccc(Cl)c1)S(=O)(=O)c1ccccc1. The van der Waals surface area contributed by atoms with Crippen LogP contribution in [0.15, 0.2) is 83.8 Å². The van der Waals surface area contributed by atoms with Crippen molar-refractivity contribution in [2.75, 3.05) is 17.4 Å². The number of anilines is 1. The minimum atomic E-state index is -4.13. The minimum Gasteiger partial charge on any atom is -0.355 e. The van der Waals surface area contributed by atoms with E-state index in [0.717, 1.165) is 4.31 Å². The van der Waals surface area contributed by atoms with Crippen molar-refractivity contribution in [3.8, 4) is 0 Å². The van der Waals surface area contributed by atoms with Crippen LogP contribution < -0.4 is 9.62 Å². The second-order valence-corrected chi connectivity index (χ2v) is 10.8. The molecule has 1 unspecified atom stereocenters. The molecule has 3 aromatic carbocycles. The Balaban J connectivity index is 2.02. The second-order valence-electron chi connectivity index (χ2n) is 8.03. The molecular weight excluding hydrogens is 521 g/mol. The summed E-state index contributed by atoms with van der Waals surface area (Å²) in [6.45, 7) is 3.29. The summed E-state index contributed by atoms with van der Waals surface area (Å²) < 4.78 is 28.3. The third-order valence-corrected chi connectivity index (χ3v) is 7.72. The number of amides is 2. The van der Waals surface area contributed by atoms with Gasteiger partial charge in [-0.05, 0) is 61.9 Å². The molecule has 0 aliphatic rings. The van der Waals surface area contributed by atoms with Crippen LogP contribution in [0.2, 0.25) is 10.0 Å². The highest BCUT2D eigenvalue weighted by molar-refractivity contribution is 7.92. The van der Waals surface area contributed by atoms with E-state index in [1.807, 2.05) is 0 Å². The molecule has 0 saturated carbocycles. The molecule has 2 amide bonds. The number of sulfonamides is 1. The standard InChI is InChI=1S/C26H27Cl2N3O4S/c1-3-29-26(33)19(2)30(17-20-9-7-10-21(27)15-20)25(32)18-31(23-12-8-11-22(28)16-23)36(34,35)24-13-5-4-6-14-24/h4-16,19H,3,17-18H2,1-2H3,(H,29,33). The number of likely N-dealkylation sites (N-methyl/N-ethyl adjacent to an activating group) is 1. The zero-order valence-corrected chi connectivity index (χ0v) is 22.2. The van der Waals surface area contributed by atoms with Crippen LogP contribution in [-0.4, -0.2) is 44.3 Å². The molecule has 36 heavy (non-hydrogen) atoms. The van der Waals surface area contributed by atoms with Crippen LogP contribution in [-0.2, 0) is 26.2 Å². The Bertz CT molecular complexity index is 1320. The number of carbonyl (C=O) groups is 2. The molecule has 190 valence electrons. The molecule has 0 aliphatic heterocycles. The van der Waals surface area contributed by atoms with Crippen molar-refractivity contribution in [1.82, 2.24) is 10.2 Å². The Labute approximate surface area is 221 Å². The van der Waals surface area contributed by atoms with Crippen molar-refractivity contribution >= 4 is 50.7 Å². The van der Waals surface area contributed by atoms with Crippen LogP contribution in [0.1, 0.15) is 19.4 Å². The summed E-state index contributed by atoms with van der Waals surface area (Å²) in [5.74, 6) is -0.915. The summed E-state index contributed by atoms with van der Waals surface area (Å²) in [5.41, 5.74) is 0.931. The lowest BCUT2D eigenvalue weighted by atomic mass is 10.1. The Kier molecular flexibility index (Phi) is 9.37. The van der Waals surface area contributed by atoms with Crippen LogP contribution in [0.25, 0.3) is 0 Å². The van der Waals surface area contributed by atoms with Crippen LogP contribution >= 0.6 is 23.2 Å². The second kappa shape index (κ2) is 12.3. The molecule has 7 nitrogen and oxygen atoms in total.